The number of carbonyl (C=O) groups excluding carboxylic acids is 1. The summed E-state index contributed by atoms with van der Waals surface area (Å²) in [5.41, 5.74) is 9.54. The second-order valence-electron chi connectivity index (χ2n) is 9.51. The first-order valence-electron chi connectivity index (χ1n) is 12.8. The molecule has 1 amide bonds. The maximum Gasteiger partial charge on any atom is 0.267 e. The number of nitrogen functional groups attached to an aromatic ring is 1. The third-order valence-corrected chi connectivity index (χ3v) is 6.89. The van der Waals surface area contributed by atoms with Crippen LogP contribution in [0.25, 0.3) is 22.2 Å². The highest BCUT2D eigenvalue weighted by Crippen LogP contribution is 2.22. The summed E-state index contributed by atoms with van der Waals surface area (Å²) in [6.45, 7) is 3.69. The standard InChI is InChI=1S/C30H25N9O2/c1-18(34-29(40)25-26(31)36-38-16-8-15-32-28(25)38)27-35-23-12-7-9-20(13-14-21-17-33-37(3)19(21)2)24(23)30(41)39(27)22-10-5-4-6-11-22/h4-12,15-18H,1-3H3,(H2,31,36)(H,34,40). The lowest BCUT2D eigenvalue weighted by Gasteiger charge is -2.20. The number of para-hydroxylation sites is 1. The number of carbonyl (C=O) groups is 1. The van der Waals surface area contributed by atoms with Gasteiger partial charge in [-0.1, -0.05) is 36.1 Å². The van der Waals surface area contributed by atoms with E-state index in [1.807, 2.05) is 44.3 Å². The molecule has 4 aromatic heterocycles. The van der Waals surface area contributed by atoms with Crippen molar-refractivity contribution in [3.63, 3.8) is 0 Å². The molecular weight excluding hydrogens is 518 g/mol. The van der Waals surface area contributed by atoms with Crippen LogP contribution in [0.5, 0.6) is 0 Å². The zero-order valence-electron chi connectivity index (χ0n) is 22.5. The summed E-state index contributed by atoms with van der Waals surface area (Å²) in [6, 6.07) is 15.5. The van der Waals surface area contributed by atoms with Crippen LogP contribution < -0.4 is 16.6 Å². The number of fused-ring (bicyclic) bond motifs is 2. The van der Waals surface area contributed by atoms with Gasteiger partial charge in [0.25, 0.3) is 11.5 Å². The second-order valence-corrected chi connectivity index (χ2v) is 9.51. The highest BCUT2D eigenvalue weighted by molar-refractivity contribution is 6.04. The van der Waals surface area contributed by atoms with Crippen LogP contribution in [0.3, 0.4) is 0 Å². The van der Waals surface area contributed by atoms with Gasteiger partial charge in [0.15, 0.2) is 11.5 Å². The van der Waals surface area contributed by atoms with Gasteiger partial charge in [-0.3, -0.25) is 18.8 Å². The Balaban J connectivity index is 1.48. The van der Waals surface area contributed by atoms with Crippen LogP contribution >= 0.6 is 0 Å². The van der Waals surface area contributed by atoms with E-state index in [-0.39, 0.29) is 16.9 Å². The lowest BCUT2D eigenvalue weighted by molar-refractivity contribution is 0.0940. The van der Waals surface area contributed by atoms with Gasteiger partial charge in [-0.15, -0.1) is 5.10 Å². The minimum Gasteiger partial charge on any atom is -0.381 e. The summed E-state index contributed by atoms with van der Waals surface area (Å²) in [4.78, 5) is 36.7. The van der Waals surface area contributed by atoms with Crippen LogP contribution in [0.1, 0.15) is 46.0 Å². The van der Waals surface area contributed by atoms with Gasteiger partial charge in [-0.05, 0) is 44.2 Å². The lowest BCUT2D eigenvalue weighted by Crippen LogP contribution is -2.33. The van der Waals surface area contributed by atoms with Crippen molar-refractivity contribution in [2.45, 2.75) is 19.9 Å². The van der Waals surface area contributed by atoms with Gasteiger partial charge in [0.05, 0.1) is 40.1 Å². The highest BCUT2D eigenvalue weighted by Gasteiger charge is 2.24. The van der Waals surface area contributed by atoms with Crippen molar-refractivity contribution in [1.82, 2.24) is 39.2 Å². The highest BCUT2D eigenvalue weighted by atomic mass is 16.2. The molecule has 0 radical (unpaired) electrons. The predicted molar refractivity (Wildman–Crippen MR) is 155 cm³/mol. The molecule has 0 bridgehead atoms. The average Bonchev–Trinajstić information content (AvgIpc) is 3.49. The lowest BCUT2D eigenvalue weighted by atomic mass is 10.1. The van der Waals surface area contributed by atoms with Gasteiger partial charge in [0.2, 0.25) is 0 Å². The van der Waals surface area contributed by atoms with Gasteiger partial charge >= 0.3 is 0 Å². The van der Waals surface area contributed by atoms with Gasteiger partial charge in [0, 0.05) is 25.0 Å². The molecule has 1 atom stereocenters. The van der Waals surface area contributed by atoms with Crippen molar-refractivity contribution in [2.75, 3.05) is 5.73 Å². The monoisotopic (exact) mass is 543 g/mol. The molecule has 3 N–H and O–H groups in total. The van der Waals surface area contributed by atoms with E-state index < -0.39 is 11.9 Å². The van der Waals surface area contributed by atoms with E-state index in [1.54, 1.807) is 54.5 Å². The van der Waals surface area contributed by atoms with E-state index in [1.165, 1.54) is 9.08 Å². The van der Waals surface area contributed by atoms with Crippen LogP contribution in [-0.2, 0) is 7.05 Å². The molecule has 0 spiro atoms. The molecule has 1 unspecified atom stereocenters. The third-order valence-electron chi connectivity index (χ3n) is 6.89. The van der Waals surface area contributed by atoms with E-state index >= 15 is 0 Å². The van der Waals surface area contributed by atoms with Crippen molar-refractivity contribution < 1.29 is 4.79 Å². The number of amides is 1. The quantitative estimate of drug-likeness (QED) is 0.326. The number of anilines is 1. The molecule has 0 aliphatic heterocycles. The van der Waals surface area contributed by atoms with Crippen molar-refractivity contribution in [1.29, 1.82) is 0 Å². The minimum absolute atomic E-state index is 0.0485. The Morgan fingerprint density at radius 1 is 1.05 bits per heavy atom. The van der Waals surface area contributed by atoms with Crippen LogP contribution in [0, 0.1) is 18.8 Å². The minimum atomic E-state index is -0.689. The molecule has 2 aromatic carbocycles. The number of benzene rings is 2. The summed E-state index contributed by atoms with van der Waals surface area (Å²) in [5, 5.41) is 11.7. The Bertz CT molecular complexity index is 2080. The maximum absolute atomic E-state index is 14.2. The predicted octanol–water partition coefficient (Wildman–Crippen LogP) is 2.94. The summed E-state index contributed by atoms with van der Waals surface area (Å²) in [6.07, 6.45) is 4.92. The van der Waals surface area contributed by atoms with E-state index in [9.17, 15) is 9.59 Å². The van der Waals surface area contributed by atoms with E-state index in [2.05, 4.69) is 32.3 Å². The Morgan fingerprint density at radius 3 is 2.59 bits per heavy atom. The van der Waals surface area contributed by atoms with Gasteiger partial charge < -0.3 is 11.1 Å². The largest absolute Gasteiger partial charge is 0.381 e. The number of aromatic nitrogens is 7. The summed E-state index contributed by atoms with van der Waals surface area (Å²) < 4.78 is 4.69. The van der Waals surface area contributed by atoms with Crippen molar-refractivity contribution in [3.8, 4) is 17.5 Å². The first kappa shape index (κ1) is 25.5. The first-order valence-corrected chi connectivity index (χ1v) is 12.8. The number of hydrogen-bond acceptors (Lipinski definition) is 7. The van der Waals surface area contributed by atoms with Crippen molar-refractivity contribution >= 4 is 28.3 Å². The summed E-state index contributed by atoms with van der Waals surface area (Å²) in [7, 11) is 1.85. The SMILES string of the molecule is Cc1c(C#Cc2cccc3nc(C(C)NC(=O)c4c(N)nn5cccnc45)n(-c4ccccc4)c(=O)c23)cnn1C. The number of nitrogens with zero attached hydrogens (tertiary/aromatic N) is 7. The van der Waals surface area contributed by atoms with E-state index in [4.69, 9.17) is 10.7 Å². The molecule has 11 heteroatoms. The molecule has 0 fully saturated rings. The molecule has 6 aromatic rings. The molecule has 0 saturated heterocycles. The first-order chi connectivity index (χ1) is 19.8. The van der Waals surface area contributed by atoms with Gasteiger partial charge in [-0.25, -0.2) is 14.5 Å². The Kier molecular flexibility index (Phi) is 6.28. The topological polar surface area (TPSA) is 138 Å². The fourth-order valence-corrected chi connectivity index (χ4v) is 4.68. The fourth-order valence-electron chi connectivity index (χ4n) is 4.68. The molecular formula is C30H25N9O2. The van der Waals surface area contributed by atoms with Crippen molar-refractivity contribution in [3.05, 3.63) is 112 Å². The van der Waals surface area contributed by atoms with Crippen LogP contribution in [0.15, 0.2) is 78.0 Å². The molecule has 4 heterocycles. The summed E-state index contributed by atoms with van der Waals surface area (Å²) in [5.74, 6) is 6.19. The van der Waals surface area contributed by atoms with E-state index in [0.29, 0.717) is 33.6 Å². The molecule has 0 aliphatic rings. The molecule has 6 rings (SSSR count). The summed E-state index contributed by atoms with van der Waals surface area (Å²) >= 11 is 0. The molecule has 202 valence electrons. The van der Waals surface area contributed by atoms with Crippen LogP contribution in [0.4, 0.5) is 5.82 Å². The molecule has 11 nitrogen and oxygen atoms in total. The number of aryl methyl sites for hydroxylation is 1. The molecule has 41 heavy (non-hydrogen) atoms. The van der Waals surface area contributed by atoms with Gasteiger partial charge in [-0.2, -0.15) is 5.10 Å². The molecule has 0 aliphatic carbocycles. The zero-order valence-corrected chi connectivity index (χ0v) is 22.5. The molecule has 0 saturated carbocycles. The Hall–Kier alpha value is -5.76. The van der Waals surface area contributed by atoms with Crippen molar-refractivity contribution in [2.24, 2.45) is 7.05 Å². The normalized spacial score (nSPS) is 11.8. The number of nitrogens with two attached hydrogens (primary N) is 1. The van der Waals surface area contributed by atoms with Crippen LogP contribution in [-0.4, -0.2) is 39.8 Å². The third kappa shape index (κ3) is 4.47. The van der Waals surface area contributed by atoms with E-state index in [0.717, 1.165) is 11.3 Å². The number of hydrogen-bond donors (Lipinski definition) is 2. The fraction of sp³-hybridized carbons (Fsp3) is 0.133. The number of rotatable bonds is 4. The smallest absolute Gasteiger partial charge is 0.267 e. The maximum atomic E-state index is 14.2. The Labute approximate surface area is 234 Å². The average molecular weight is 544 g/mol. The number of nitrogens with one attached hydrogen (secondary N) is 1. The zero-order chi connectivity index (χ0) is 28.7. The van der Waals surface area contributed by atoms with Gasteiger partial charge in [0.1, 0.15) is 11.4 Å². The van der Waals surface area contributed by atoms with Crippen LogP contribution in [0.2, 0.25) is 0 Å². The Morgan fingerprint density at radius 2 is 1.83 bits per heavy atom. The second kappa shape index (κ2) is 10.1.